The van der Waals surface area contributed by atoms with Crippen LogP contribution in [0.1, 0.15) is 15.9 Å². The summed E-state index contributed by atoms with van der Waals surface area (Å²) in [6, 6.07) is 19.0. The van der Waals surface area contributed by atoms with E-state index >= 15 is 0 Å². The van der Waals surface area contributed by atoms with Crippen molar-refractivity contribution < 1.29 is 22.7 Å². The lowest BCUT2D eigenvalue weighted by Gasteiger charge is -2.25. The van der Waals surface area contributed by atoms with Gasteiger partial charge in [0.15, 0.2) is 0 Å². The summed E-state index contributed by atoms with van der Waals surface area (Å²) >= 11 is 0. The first-order valence-electron chi connectivity index (χ1n) is 8.03. The standard InChI is InChI=1S/C20H16FNO4S/c21-17-10-6-15(7-11-17)14-22(18-12-8-16(9-13-18)20(23)24)27(25,26)19-4-2-1-3-5-19/h1-13H,14H2,(H,23,24). The number of hydrogen-bond donors (Lipinski definition) is 1. The van der Waals surface area contributed by atoms with Crippen LogP contribution < -0.4 is 4.31 Å². The topological polar surface area (TPSA) is 74.7 Å². The second-order valence-electron chi connectivity index (χ2n) is 5.80. The van der Waals surface area contributed by atoms with E-state index in [-0.39, 0.29) is 17.0 Å². The molecule has 0 bridgehead atoms. The van der Waals surface area contributed by atoms with E-state index in [9.17, 15) is 17.6 Å². The van der Waals surface area contributed by atoms with Crippen molar-refractivity contribution in [2.45, 2.75) is 11.4 Å². The maximum Gasteiger partial charge on any atom is 0.335 e. The van der Waals surface area contributed by atoms with Gasteiger partial charge in [0.2, 0.25) is 0 Å². The number of carboxylic acid groups (broad SMARTS) is 1. The molecule has 138 valence electrons. The highest BCUT2D eigenvalue weighted by Crippen LogP contribution is 2.26. The van der Waals surface area contributed by atoms with Gasteiger partial charge in [-0.2, -0.15) is 0 Å². The van der Waals surface area contributed by atoms with Crippen molar-refractivity contribution in [3.05, 3.63) is 95.8 Å². The molecule has 0 aliphatic carbocycles. The minimum Gasteiger partial charge on any atom is -0.478 e. The number of carboxylic acids is 1. The molecule has 0 aliphatic heterocycles. The summed E-state index contributed by atoms with van der Waals surface area (Å²) in [5, 5.41) is 9.05. The molecule has 0 aliphatic rings. The van der Waals surface area contributed by atoms with Crippen LogP contribution in [0.4, 0.5) is 10.1 Å². The van der Waals surface area contributed by atoms with Gasteiger partial charge in [-0.1, -0.05) is 30.3 Å². The SMILES string of the molecule is O=C(O)c1ccc(N(Cc2ccc(F)cc2)S(=O)(=O)c2ccccc2)cc1. The Morgan fingerprint density at radius 2 is 1.48 bits per heavy atom. The van der Waals surface area contributed by atoms with Crippen LogP contribution in [-0.4, -0.2) is 19.5 Å². The molecule has 7 heteroatoms. The first-order chi connectivity index (χ1) is 12.9. The number of rotatable bonds is 6. The number of anilines is 1. The molecular weight excluding hydrogens is 369 g/mol. The lowest BCUT2D eigenvalue weighted by Crippen LogP contribution is -2.30. The summed E-state index contributed by atoms with van der Waals surface area (Å²) in [5.41, 5.74) is 0.962. The Morgan fingerprint density at radius 3 is 2.04 bits per heavy atom. The molecule has 0 saturated heterocycles. The van der Waals surface area contributed by atoms with Crippen LogP contribution in [0.3, 0.4) is 0 Å². The minimum atomic E-state index is -3.90. The lowest BCUT2D eigenvalue weighted by molar-refractivity contribution is 0.0697. The van der Waals surface area contributed by atoms with Gasteiger partial charge in [-0.05, 0) is 54.1 Å². The van der Waals surface area contributed by atoms with Crippen LogP contribution in [0.2, 0.25) is 0 Å². The summed E-state index contributed by atoms with van der Waals surface area (Å²) in [4.78, 5) is 11.2. The fraction of sp³-hybridized carbons (Fsp3) is 0.0500. The zero-order valence-corrected chi connectivity index (χ0v) is 14.9. The van der Waals surface area contributed by atoms with Crippen LogP contribution in [0, 0.1) is 5.82 Å². The number of hydrogen-bond acceptors (Lipinski definition) is 3. The van der Waals surface area contributed by atoms with Crippen molar-refractivity contribution in [1.29, 1.82) is 0 Å². The summed E-state index contributed by atoms with van der Waals surface area (Å²) < 4.78 is 40.7. The second kappa shape index (κ2) is 7.59. The van der Waals surface area contributed by atoms with Gasteiger partial charge in [0.25, 0.3) is 10.0 Å². The van der Waals surface area contributed by atoms with E-state index in [1.807, 2.05) is 0 Å². The molecule has 0 fully saturated rings. The molecule has 5 nitrogen and oxygen atoms in total. The Kier molecular flexibility index (Phi) is 5.23. The predicted molar refractivity (Wildman–Crippen MR) is 99.6 cm³/mol. The number of aromatic carboxylic acids is 1. The van der Waals surface area contributed by atoms with E-state index in [1.54, 1.807) is 18.2 Å². The van der Waals surface area contributed by atoms with Crippen LogP contribution in [-0.2, 0) is 16.6 Å². The van der Waals surface area contributed by atoms with Crippen molar-refractivity contribution in [3.63, 3.8) is 0 Å². The van der Waals surface area contributed by atoms with Gasteiger partial charge < -0.3 is 5.11 Å². The second-order valence-corrected chi connectivity index (χ2v) is 7.67. The number of benzene rings is 3. The average Bonchev–Trinajstić information content (AvgIpc) is 2.68. The quantitative estimate of drug-likeness (QED) is 0.698. The van der Waals surface area contributed by atoms with E-state index in [2.05, 4.69) is 0 Å². The normalized spacial score (nSPS) is 11.1. The van der Waals surface area contributed by atoms with Crippen molar-refractivity contribution >= 4 is 21.7 Å². The molecule has 0 spiro atoms. The van der Waals surface area contributed by atoms with Gasteiger partial charge in [0.05, 0.1) is 22.7 Å². The van der Waals surface area contributed by atoms with Crippen molar-refractivity contribution in [2.75, 3.05) is 4.31 Å². The fourth-order valence-electron chi connectivity index (χ4n) is 2.56. The minimum absolute atomic E-state index is 0.0239. The molecule has 0 radical (unpaired) electrons. The molecule has 27 heavy (non-hydrogen) atoms. The van der Waals surface area contributed by atoms with E-state index in [0.717, 1.165) is 0 Å². The molecule has 3 aromatic carbocycles. The monoisotopic (exact) mass is 385 g/mol. The highest BCUT2D eigenvalue weighted by Gasteiger charge is 2.25. The third kappa shape index (κ3) is 4.15. The zero-order chi connectivity index (χ0) is 19.4. The van der Waals surface area contributed by atoms with E-state index in [4.69, 9.17) is 5.11 Å². The van der Waals surface area contributed by atoms with Crippen LogP contribution in [0.15, 0.2) is 83.8 Å². The molecule has 0 heterocycles. The third-order valence-corrected chi connectivity index (χ3v) is 5.76. The molecule has 3 rings (SSSR count). The third-order valence-electron chi connectivity index (χ3n) is 3.97. The molecule has 0 unspecified atom stereocenters. The fourth-order valence-corrected chi connectivity index (χ4v) is 4.03. The van der Waals surface area contributed by atoms with Gasteiger partial charge in [0.1, 0.15) is 5.82 Å². The number of carbonyl (C=O) groups is 1. The molecule has 0 amide bonds. The molecule has 1 N–H and O–H groups in total. The molecule has 0 aromatic heterocycles. The van der Waals surface area contributed by atoms with Crippen molar-refractivity contribution in [2.24, 2.45) is 0 Å². The van der Waals surface area contributed by atoms with Crippen LogP contribution in [0.25, 0.3) is 0 Å². The highest BCUT2D eigenvalue weighted by atomic mass is 32.2. The molecule has 0 atom stereocenters. The van der Waals surface area contributed by atoms with Gasteiger partial charge in [-0.3, -0.25) is 4.31 Å². The largest absolute Gasteiger partial charge is 0.478 e. The maximum absolute atomic E-state index is 13.2. The Hall–Kier alpha value is -3.19. The van der Waals surface area contributed by atoms with Gasteiger partial charge >= 0.3 is 5.97 Å². The van der Waals surface area contributed by atoms with Crippen LogP contribution >= 0.6 is 0 Å². The summed E-state index contributed by atoms with van der Waals surface area (Å²) in [6.45, 7) is -0.0239. The Morgan fingerprint density at radius 1 is 0.889 bits per heavy atom. The first kappa shape index (κ1) is 18.6. The summed E-state index contributed by atoms with van der Waals surface area (Å²) in [6.07, 6.45) is 0. The van der Waals surface area contributed by atoms with Gasteiger partial charge in [0, 0.05) is 0 Å². The van der Waals surface area contributed by atoms with E-state index < -0.39 is 21.8 Å². The average molecular weight is 385 g/mol. The zero-order valence-electron chi connectivity index (χ0n) is 14.1. The van der Waals surface area contributed by atoms with E-state index in [1.165, 1.54) is 65.0 Å². The predicted octanol–water partition coefficient (Wildman–Crippen LogP) is 3.92. The van der Waals surface area contributed by atoms with Crippen molar-refractivity contribution in [1.82, 2.24) is 0 Å². The maximum atomic E-state index is 13.2. The van der Waals surface area contributed by atoms with E-state index in [0.29, 0.717) is 11.3 Å². The van der Waals surface area contributed by atoms with Crippen LogP contribution in [0.5, 0.6) is 0 Å². The smallest absolute Gasteiger partial charge is 0.335 e. The number of sulfonamides is 1. The summed E-state index contributed by atoms with van der Waals surface area (Å²) in [7, 11) is -3.90. The Bertz CT molecular complexity index is 1030. The highest BCUT2D eigenvalue weighted by molar-refractivity contribution is 7.92. The molecule has 3 aromatic rings. The van der Waals surface area contributed by atoms with Crippen molar-refractivity contribution in [3.8, 4) is 0 Å². The first-order valence-corrected chi connectivity index (χ1v) is 9.47. The number of halogens is 1. The van der Waals surface area contributed by atoms with Gasteiger partial charge in [-0.25, -0.2) is 17.6 Å². The lowest BCUT2D eigenvalue weighted by atomic mass is 10.2. The summed E-state index contributed by atoms with van der Waals surface area (Å²) in [5.74, 6) is -1.51. The Labute approximate surface area is 156 Å². The number of nitrogens with zero attached hydrogens (tertiary/aromatic N) is 1. The van der Waals surface area contributed by atoms with Gasteiger partial charge in [-0.15, -0.1) is 0 Å². The Balaban J connectivity index is 2.05. The molecule has 0 saturated carbocycles. The molecular formula is C20H16FNO4S.